The average molecular weight is 307 g/mol. The maximum atomic E-state index is 12.9. The largest absolute Gasteiger partial charge is 0.491 e. The zero-order chi connectivity index (χ0) is 15.2. The number of hydrogen-bond acceptors (Lipinski definition) is 3. The Labute approximate surface area is 120 Å². The van der Waals surface area contributed by atoms with Gasteiger partial charge < -0.3 is 15.2 Å². The van der Waals surface area contributed by atoms with Crippen LogP contribution < -0.4 is 10.5 Å². The van der Waals surface area contributed by atoms with E-state index < -0.39 is 11.7 Å². The van der Waals surface area contributed by atoms with Crippen LogP contribution in [0.25, 0.3) is 0 Å². The van der Waals surface area contributed by atoms with Gasteiger partial charge in [0, 0.05) is 12.2 Å². The minimum atomic E-state index is -4.53. The van der Waals surface area contributed by atoms with Crippen LogP contribution in [0.15, 0.2) is 18.2 Å². The van der Waals surface area contributed by atoms with Crippen molar-refractivity contribution in [2.75, 3.05) is 19.8 Å². The highest BCUT2D eigenvalue weighted by Crippen LogP contribution is 2.34. The van der Waals surface area contributed by atoms with Gasteiger partial charge in [0.2, 0.25) is 0 Å². The molecule has 0 spiro atoms. The Bertz CT molecular complexity index is 463. The first-order chi connectivity index (χ1) is 9.36. The van der Waals surface area contributed by atoms with Gasteiger partial charge in [-0.25, -0.2) is 0 Å². The van der Waals surface area contributed by atoms with Crippen LogP contribution in [-0.4, -0.2) is 24.8 Å². The van der Waals surface area contributed by atoms with Crippen LogP contribution in [0.5, 0.6) is 5.75 Å². The van der Waals surface area contributed by atoms with E-state index in [0.717, 1.165) is 12.5 Å². The van der Waals surface area contributed by atoms with E-state index in [9.17, 15) is 13.2 Å². The van der Waals surface area contributed by atoms with Crippen molar-refractivity contribution in [3.8, 4) is 5.75 Å². The standard InChI is InChI=1S/C13H16F3NO2S/c1-2-5-18-6-7-19-9-3-4-10(12(17)20)11(8-9)13(14,15)16/h3-4,8H,2,5-7H2,1H3,(H2,17,20). The van der Waals surface area contributed by atoms with Gasteiger partial charge in [-0.3, -0.25) is 0 Å². The summed E-state index contributed by atoms with van der Waals surface area (Å²) in [5.74, 6) is 0.109. The van der Waals surface area contributed by atoms with E-state index in [1.165, 1.54) is 12.1 Å². The molecule has 0 aromatic heterocycles. The molecule has 1 aromatic rings. The predicted octanol–water partition coefficient (Wildman–Crippen LogP) is 3.15. The second-order valence-corrected chi connectivity index (χ2v) is 4.47. The summed E-state index contributed by atoms with van der Waals surface area (Å²) >= 11 is 4.61. The molecule has 0 amide bonds. The molecule has 0 unspecified atom stereocenters. The van der Waals surface area contributed by atoms with E-state index in [1.54, 1.807) is 0 Å². The number of rotatable bonds is 7. The molecule has 0 aliphatic rings. The molecule has 2 N–H and O–H groups in total. The molecule has 0 fully saturated rings. The van der Waals surface area contributed by atoms with E-state index in [4.69, 9.17) is 15.2 Å². The third-order valence-electron chi connectivity index (χ3n) is 2.41. The Morgan fingerprint density at radius 1 is 1.25 bits per heavy atom. The van der Waals surface area contributed by atoms with Gasteiger partial charge >= 0.3 is 6.18 Å². The van der Waals surface area contributed by atoms with Crippen LogP contribution in [0.4, 0.5) is 13.2 Å². The van der Waals surface area contributed by atoms with E-state index in [1.807, 2.05) is 6.92 Å². The Kier molecular flexibility index (Phi) is 6.22. The zero-order valence-corrected chi connectivity index (χ0v) is 11.8. The van der Waals surface area contributed by atoms with Crippen molar-refractivity contribution in [2.24, 2.45) is 5.73 Å². The topological polar surface area (TPSA) is 44.5 Å². The smallest absolute Gasteiger partial charge is 0.417 e. The van der Waals surface area contributed by atoms with Crippen LogP contribution in [0.1, 0.15) is 24.5 Å². The Morgan fingerprint density at radius 3 is 2.50 bits per heavy atom. The highest BCUT2D eigenvalue weighted by Gasteiger charge is 2.34. The maximum Gasteiger partial charge on any atom is 0.417 e. The minimum absolute atomic E-state index is 0.109. The Hall–Kier alpha value is -1.34. The molecule has 0 heterocycles. The highest BCUT2D eigenvalue weighted by atomic mass is 32.1. The average Bonchev–Trinajstić information content (AvgIpc) is 2.37. The number of halogens is 3. The molecule has 0 aliphatic carbocycles. The summed E-state index contributed by atoms with van der Waals surface area (Å²) in [5.41, 5.74) is 4.19. The molecule has 1 rings (SSSR count). The summed E-state index contributed by atoms with van der Waals surface area (Å²) in [6.07, 6.45) is -3.66. The molecule has 0 bridgehead atoms. The number of nitrogens with two attached hydrogens (primary N) is 1. The molecule has 1 aromatic carbocycles. The molecular formula is C13H16F3NO2S. The molecule has 0 saturated heterocycles. The van der Waals surface area contributed by atoms with Gasteiger partial charge in [0.25, 0.3) is 0 Å². The lowest BCUT2D eigenvalue weighted by molar-refractivity contribution is -0.137. The van der Waals surface area contributed by atoms with E-state index in [0.29, 0.717) is 13.2 Å². The van der Waals surface area contributed by atoms with Crippen LogP contribution in [0.2, 0.25) is 0 Å². The summed E-state index contributed by atoms with van der Waals surface area (Å²) in [7, 11) is 0. The second kappa shape index (κ2) is 7.44. The molecule has 0 saturated carbocycles. The number of ether oxygens (including phenoxy) is 2. The second-order valence-electron chi connectivity index (χ2n) is 4.03. The van der Waals surface area contributed by atoms with E-state index >= 15 is 0 Å². The lowest BCUT2D eigenvalue weighted by atomic mass is 10.1. The monoisotopic (exact) mass is 307 g/mol. The van der Waals surface area contributed by atoms with Gasteiger partial charge in [-0.05, 0) is 24.6 Å². The van der Waals surface area contributed by atoms with E-state index in [-0.39, 0.29) is 22.9 Å². The molecule has 0 atom stereocenters. The molecule has 0 aliphatic heterocycles. The number of benzene rings is 1. The van der Waals surface area contributed by atoms with Crippen LogP contribution in [-0.2, 0) is 10.9 Å². The van der Waals surface area contributed by atoms with Crippen molar-refractivity contribution < 1.29 is 22.6 Å². The van der Waals surface area contributed by atoms with Crippen molar-refractivity contribution in [3.63, 3.8) is 0 Å². The van der Waals surface area contributed by atoms with Crippen LogP contribution in [0.3, 0.4) is 0 Å². The predicted molar refractivity (Wildman–Crippen MR) is 73.9 cm³/mol. The number of alkyl halides is 3. The van der Waals surface area contributed by atoms with Crippen molar-refractivity contribution in [1.29, 1.82) is 0 Å². The SMILES string of the molecule is CCCOCCOc1ccc(C(N)=S)c(C(F)(F)F)c1. The molecule has 3 nitrogen and oxygen atoms in total. The van der Waals surface area contributed by atoms with Gasteiger partial charge in [-0.1, -0.05) is 19.1 Å². The molecule has 0 radical (unpaired) electrons. The third kappa shape index (κ3) is 4.97. The summed E-state index contributed by atoms with van der Waals surface area (Å²) in [5, 5.41) is 0. The summed E-state index contributed by atoms with van der Waals surface area (Å²) in [6.45, 7) is 3.07. The first kappa shape index (κ1) is 16.7. The third-order valence-corrected chi connectivity index (χ3v) is 2.63. The molecular weight excluding hydrogens is 291 g/mol. The lowest BCUT2D eigenvalue weighted by Gasteiger charge is -2.14. The fraction of sp³-hybridized carbons (Fsp3) is 0.462. The summed E-state index contributed by atoms with van der Waals surface area (Å²) in [6, 6.07) is 3.52. The van der Waals surface area contributed by atoms with Crippen molar-refractivity contribution >= 4 is 17.2 Å². The highest BCUT2D eigenvalue weighted by molar-refractivity contribution is 7.80. The lowest BCUT2D eigenvalue weighted by Crippen LogP contribution is -2.18. The van der Waals surface area contributed by atoms with Gasteiger partial charge in [0.1, 0.15) is 17.3 Å². The number of thiocarbonyl (C=S) groups is 1. The van der Waals surface area contributed by atoms with E-state index in [2.05, 4.69) is 12.2 Å². The molecule has 7 heteroatoms. The molecule has 112 valence electrons. The fourth-order valence-electron chi connectivity index (χ4n) is 1.53. The van der Waals surface area contributed by atoms with Crippen molar-refractivity contribution in [2.45, 2.75) is 19.5 Å². The Balaban J connectivity index is 2.77. The van der Waals surface area contributed by atoms with Gasteiger partial charge in [0.15, 0.2) is 0 Å². The minimum Gasteiger partial charge on any atom is -0.491 e. The first-order valence-electron chi connectivity index (χ1n) is 6.08. The van der Waals surface area contributed by atoms with Crippen LogP contribution in [0, 0.1) is 0 Å². The first-order valence-corrected chi connectivity index (χ1v) is 6.48. The van der Waals surface area contributed by atoms with Gasteiger partial charge in [0.05, 0.1) is 12.2 Å². The summed E-state index contributed by atoms with van der Waals surface area (Å²) in [4.78, 5) is -0.296. The quantitative estimate of drug-likeness (QED) is 0.621. The maximum absolute atomic E-state index is 12.9. The zero-order valence-electron chi connectivity index (χ0n) is 11.0. The number of hydrogen-bond donors (Lipinski definition) is 1. The Morgan fingerprint density at radius 2 is 1.95 bits per heavy atom. The van der Waals surface area contributed by atoms with Gasteiger partial charge in [-0.2, -0.15) is 13.2 Å². The van der Waals surface area contributed by atoms with Crippen molar-refractivity contribution in [3.05, 3.63) is 29.3 Å². The fourth-order valence-corrected chi connectivity index (χ4v) is 1.71. The van der Waals surface area contributed by atoms with Gasteiger partial charge in [-0.15, -0.1) is 0 Å². The normalized spacial score (nSPS) is 11.4. The van der Waals surface area contributed by atoms with Crippen molar-refractivity contribution in [1.82, 2.24) is 0 Å². The molecule has 20 heavy (non-hydrogen) atoms. The van der Waals surface area contributed by atoms with Crippen LogP contribution >= 0.6 is 12.2 Å². The summed E-state index contributed by atoms with van der Waals surface area (Å²) < 4.78 is 49.0.